The van der Waals surface area contributed by atoms with Gasteiger partial charge in [0.2, 0.25) is 0 Å². The highest BCUT2D eigenvalue weighted by atomic mass is 16.5. The number of carboxylic acids is 1. The SMILES string of the molecule is CCCCCCC1CC1COC(CC)C(=O)O. The number of aliphatic carboxylic acids is 1. The van der Waals surface area contributed by atoms with Crippen molar-refractivity contribution in [2.24, 2.45) is 11.8 Å². The van der Waals surface area contributed by atoms with E-state index in [1.165, 1.54) is 38.5 Å². The second kappa shape index (κ2) is 7.70. The van der Waals surface area contributed by atoms with E-state index in [4.69, 9.17) is 9.84 Å². The minimum atomic E-state index is -0.826. The molecular formula is C14H26O3. The fraction of sp³-hybridized carbons (Fsp3) is 0.929. The summed E-state index contributed by atoms with van der Waals surface area (Å²) in [7, 11) is 0. The predicted molar refractivity (Wildman–Crippen MR) is 68.0 cm³/mol. The molecule has 1 aliphatic rings. The second-order valence-corrected chi connectivity index (χ2v) is 5.17. The lowest BCUT2D eigenvalue weighted by Crippen LogP contribution is -2.24. The minimum Gasteiger partial charge on any atom is -0.479 e. The molecule has 1 rings (SSSR count). The van der Waals surface area contributed by atoms with Crippen molar-refractivity contribution in [3.05, 3.63) is 0 Å². The van der Waals surface area contributed by atoms with Crippen LogP contribution in [0.3, 0.4) is 0 Å². The Morgan fingerprint density at radius 3 is 2.65 bits per heavy atom. The molecule has 0 spiro atoms. The number of ether oxygens (including phenoxy) is 1. The summed E-state index contributed by atoms with van der Waals surface area (Å²) in [6.45, 7) is 4.72. The maximum atomic E-state index is 10.8. The fourth-order valence-corrected chi connectivity index (χ4v) is 2.30. The summed E-state index contributed by atoms with van der Waals surface area (Å²) in [6, 6.07) is 0. The Balaban J connectivity index is 2.02. The molecule has 0 heterocycles. The smallest absolute Gasteiger partial charge is 0.332 e. The van der Waals surface area contributed by atoms with Crippen LogP contribution in [-0.4, -0.2) is 23.8 Å². The highest BCUT2D eigenvalue weighted by Gasteiger charge is 2.37. The van der Waals surface area contributed by atoms with Crippen LogP contribution in [0.25, 0.3) is 0 Å². The number of carbonyl (C=O) groups is 1. The third-order valence-electron chi connectivity index (χ3n) is 3.66. The molecule has 17 heavy (non-hydrogen) atoms. The van der Waals surface area contributed by atoms with Gasteiger partial charge in [-0.1, -0.05) is 46.0 Å². The van der Waals surface area contributed by atoms with Crippen LogP contribution in [0.2, 0.25) is 0 Å². The molecule has 0 radical (unpaired) electrons. The summed E-state index contributed by atoms with van der Waals surface area (Å²) in [5.74, 6) is 0.607. The van der Waals surface area contributed by atoms with E-state index in [-0.39, 0.29) is 0 Å². The molecule has 0 bridgehead atoms. The quantitative estimate of drug-likeness (QED) is 0.597. The van der Waals surface area contributed by atoms with E-state index in [0.29, 0.717) is 18.9 Å². The maximum Gasteiger partial charge on any atom is 0.332 e. The van der Waals surface area contributed by atoms with Gasteiger partial charge in [0.15, 0.2) is 6.10 Å². The Morgan fingerprint density at radius 1 is 1.29 bits per heavy atom. The van der Waals surface area contributed by atoms with Crippen LogP contribution >= 0.6 is 0 Å². The van der Waals surface area contributed by atoms with Crippen molar-refractivity contribution in [1.29, 1.82) is 0 Å². The van der Waals surface area contributed by atoms with E-state index in [0.717, 1.165) is 5.92 Å². The van der Waals surface area contributed by atoms with Crippen LogP contribution in [0.1, 0.15) is 58.8 Å². The van der Waals surface area contributed by atoms with Gasteiger partial charge in [-0.15, -0.1) is 0 Å². The zero-order chi connectivity index (χ0) is 12.7. The molecule has 3 heteroatoms. The van der Waals surface area contributed by atoms with E-state index in [1.54, 1.807) is 0 Å². The predicted octanol–water partition coefficient (Wildman–Crippen LogP) is 3.47. The number of rotatable bonds is 10. The highest BCUT2D eigenvalue weighted by molar-refractivity contribution is 5.72. The van der Waals surface area contributed by atoms with Crippen molar-refractivity contribution in [3.8, 4) is 0 Å². The standard InChI is InChI=1S/C14H26O3/c1-3-5-6-7-8-11-9-12(11)10-17-13(4-2)14(15)16/h11-13H,3-10H2,1-2H3,(H,15,16). The Kier molecular flexibility index (Phi) is 6.56. The van der Waals surface area contributed by atoms with Gasteiger partial charge in [0.25, 0.3) is 0 Å². The first-order valence-corrected chi connectivity index (χ1v) is 7.03. The van der Waals surface area contributed by atoms with Gasteiger partial charge in [-0.05, 0) is 24.7 Å². The second-order valence-electron chi connectivity index (χ2n) is 5.17. The van der Waals surface area contributed by atoms with Gasteiger partial charge in [0, 0.05) is 0 Å². The monoisotopic (exact) mass is 242 g/mol. The molecule has 0 aromatic heterocycles. The van der Waals surface area contributed by atoms with E-state index in [1.807, 2.05) is 6.92 Å². The number of hydrogen-bond acceptors (Lipinski definition) is 2. The fourth-order valence-electron chi connectivity index (χ4n) is 2.30. The van der Waals surface area contributed by atoms with Gasteiger partial charge < -0.3 is 9.84 Å². The molecule has 1 fully saturated rings. The first-order chi connectivity index (χ1) is 8.19. The normalized spacial score (nSPS) is 24.6. The average Bonchev–Trinajstić information content (AvgIpc) is 3.04. The first-order valence-electron chi connectivity index (χ1n) is 7.03. The summed E-state index contributed by atoms with van der Waals surface area (Å²) >= 11 is 0. The van der Waals surface area contributed by atoms with Crippen molar-refractivity contribution >= 4 is 5.97 Å². The molecular weight excluding hydrogens is 216 g/mol. The molecule has 1 aliphatic carbocycles. The van der Waals surface area contributed by atoms with Crippen molar-refractivity contribution in [2.45, 2.75) is 64.9 Å². The first kappa shape index (κ1) is 14.5. The Hall–Kier alpha value is -0.570. The maximum absolute atomic E-state index is 10.8. The molecule has 0 aliphatic heterocycles. The topological polar surface area (TPSA) is 46.5 Å². The lowest BCUT2D eigenvalue weighted by atomic mass is 10.1. The molecule has 0 saturated heterocycles. The van der Waals surface area contributed by atoms with Gasteiger partial charge in [0.05, 0.1) is 6.61 Å². The van der Waals surface area contributed by atoms with E-state index in [9.17, 15) is 4.79 Å². The molecule has 3 atom stereocenters. The van der Waals surface area contributed by atoms with Crippen LogP contribution in [0, 0.1) is 11.8 Å². The number of unbranched alkanes of at least 4 members (excludes halogenated alkanes) is 3. The third kappa shape index (κ3) is 5.53. The zero-order valence-electron chi connectivity index (χ0n) is 11.2. The van der Waals surface area contributed by atoms with Crippen LogP contribution in [0.15, 0.2) is 0 Å². The van der Waals surface area contributed by atoms with Gasteiger partial charge in [-0.25, -0.2) is 4.79 Å². The number of carboxylic acid groups (broad SMARTS) is 1. The molecule has 3 unspecified atom stereocenters. The molecule has 1 saturated carbocycles. The largest absolute Gasteiger partial charge is 0.479 e. The molecule has 1 N–H and O–H groups in total. The van der Waals surface area contributed by atoms with Crippen LogP contribution in [0.4, 0.5) is 0 Å². The van der Waals surface area contributed by atoms with Gasteiger partial charge in [-0.3, -0.25) is 0 Å². The van der Waals surface area contributed by atoms with Gasteiger partial charge in [0.1, 0.15) is 0 Å². The lowest BCUT2D eigenvalue weighted by Gasteiger charge is -2.10. The molecule has 0 aromatic carbocycles. The Morgan fingerprint density at radius 2 is 2.06 bits per heavy atom. The van der Waals surface area contributed by atoms with Crippen LogP contribution in [-0.2, 0) is 9.53 Å². The van der Waals surface area contributed by atoms with Crippen molar-refractivity contribution in [1.82, 2.24) is 0 Å². The molecule has 0 aromatic rings. The zero-order valence-corrected chi connectivity index (χ0v) is 11.2. The van der Waals surface area contributed by atoms with Crippen LogP contribution in [0.5, 0.6) is 0 Å². The average molecular weight is 242 g/mol. The van der Waals surface area contributed by atoms with Crippen LogP contribution < -0.4 is 0 Å². The highest BCUT2D eigenvalue weighted by Crippen LogP contribution is 2.42. The van der Waals surface area contributed by atoms with E-state index in [2.05, 4.69) is 6.92 Å². The van der Waals surface area contributed by atoms with Gasteiger partial charge in [-0.2, -0.15) is 0 Å². The summed E-state index contributed by atoms with van der Waals surface area (Å²) in [5, 5.41) is 8.85. The van der Waals surface area contributed by atoms with E-state index >= 15 is 0 Å². The lowest BCUT2D eigenvalue weighted by molar-refractivity contribution is -0.150. The Labute approximate surface area is 105 Å². The summed E-state index contributed by atoms with van der Waals surface area (Å²) < 4.78 is 5.43. The molecule has 3 nitrogen and oxygen atoms in total. The Bertz CT molecular complexity index is 228. The molecule has 100 valence electrons. The van der Waals surface area contributed by atoms with Gasteiger partial charge >= 0.3 is 5.97 Å². The summed E-state index contributed by atoms with van der Waals surface area (Å²) in [6.07, 6.45) is 7.79. The molecule has 0 amide bonds. The van der Waals surface area contributed by atoms with E-state index < -0.39 is 12.1 Å². The van der Waals surface area contributed by atoms with Crippen molar-refractivity contribution in [2.75, 3.05) is 6.61 Å². The minimum absolute atomic E-state index is 0.559. The van der Waals surface area contributed by atoms with Crippen molar-refractivity contribution in [3.63, 3.8) is 0 Å². The van der Waals surface area contributed by atoms with Crippen molar-refractivity contribution < 1.29 is 14.6 Å². The number of hydrogen-bond donors (Lipinski definition) is 1. The summed E-state index contributed by atoms with van der Waals surface area (Å²) in [4.78, 5) is 10.8. The third-order valence-corrected chi connectivity index (χ3v) is 3.66. The summed E-state index contributed by atoms with van der Waals surface area (Å²) in [5.41, 5.74) is 0.